The molecule has 1 amide bonds. The van der Waals surface area contributed by atoms with Gasteiger partial charge in [-0.3, -0.25) is 9.48 Å². The van der Waals surface area contributed by atoms with E-state index >= 15 is 0 Å². The Morgan fingerprint density at radius 3 is 2.50 bits per heavy atom. The van der Waals surface area contributed by atoms with Crippen LogP contribution in [0, 0.1) is 13.8 Å². The van der Waals surface area contributed by atoms with Crippen LogP contribution < -0.4 is 10.1 Å². The number of anilines is 1. The molecule has 0 aliphatic carbocycles. The highest BCUT2D eigenvalue weighted by Crippen LogP contribution is 2.23. The van der Waals surface area contributed by atoms with Crippen molar-refractivity contribution in [1.82, 2.24) is 9.78 Å². The van der Waals surface area contributed by atoms with Crippen LogP contribution in [0.2, 0.25) is 0 Å². The summed E-state index contributed by atoms with van der Waals surface area (Å²) in [5.74, 6) is -0.875. The number of aryl methyl sites for hydroxylation is 2. The molecule has 0 atom stereocenters. The lowest BCUT2D eigenvalue weighted by Gasteiger charge is -2.14. The summed E-state index contributed by atoms with van der Waals surface area (Å²) in [6, 6.07) is 7.07. The zero-order valence-electron chi connectivity index (χ0n) is 15.6. The van der Waals surface area contributed by atoms with Crippen molar-refractivity contribution in [2.75, 3.05) is 11.9 Å². The lowest BCUT2D eigenvalue weighted by Crippen LogP contribution is -2.16. The summed E-state index contributed by atoms with van der Waals surface area (Å²) in [7, 11) is 0. The minimum absolute atomic E-state index is 0.278. The Balaban J connectivity index is 2.12. The Kier molecular flexibility index (Phi) is 6.38. The van der Waals surface area contributed by atoms with E-state index < -0.39 is 12.6 Å². The molecule has 0 fully saturated rings. The van der Waals surface area contributed by atoms with Gasteiger partial charge in [-0.25, -0.2) is 4.79 Å². The normalized spacial score (nSPS) is 10.8. The molecule has 2 aromatic rings. The smallest absolute Gasteiger partial charge is 0.341 e. The van der Waals surface area contributed by atoms with Crippen LogP contribution >= 0.6 is 0 Å². The number of hydrogen-bond acceptors (Lipinski definition) is 4. The third kappa shape index (κ3) is 4.62. The number of carbonyl (C=O) groups excluding carboxylic acids is 1. The van der Waals surface area contributed by atoms with Crippen molar-refractivity contribution in [2.24, 2.45) is 0 Å². The molecule has 7 heteroatoms. The second-order valence-corrected chi connectivity index (χ2v) is 6.20. The first kappa shape index (κ1) is 19.5. The fraction of sp³-hybridized carbons (Fsp3) is 0.421. The average Bonchev–Trinajstić information content (AvgIpc) is 2.98. The van der Waals surface area contributed by atoms with Crippen molar-refractivity contribution in [3.05, 3.63) is 41.2 Å². The fourth-order valence-corrected chi connectivity index (χ4v) is 2.80. The summed E-state index contributed by atoms with van der Waals surface area (Å²) < 4.78 is 7.04. The summed E-state index contributed by atoms with van der Waals surface area (Å²) in [6.45, 7) is 7.57. The molecule has 0 saturated carbocycles. The summed E-state index contributed by atoms with van der Waals surface area (Å²) in [5.41, 5.74) is 2.74. The molecule has 0 spiro atoms. The van der Waals surface area contributed by atoms with Gasteiger partial charge >= 0.3 is 5.97 Å². The molecule has 0 radical (unpaired) electrons. The maximum absolute atomic E-state index is 12.5. The number of rotatable bonds is 8. The molecule has 140 valence electrons. The van der Waals surface area contributed by atoms with Crippen LogP contribution in [-0.4, -0.2) is 33.4 Å². The molecule has 1 aromatic heterocycles. The van der Waals surface area contributed by atoms with Crippen LogP contribution in [0.4, 0.5) is 5.69 Å². The van der Waals surface area contributed by atoms with Gasteiger partial charge in [0.2, 0.25) is 0 Å². The van der Waals surface area contributed by atoms with E-state index in [1.807, 2.05) is 18.5 Å². The van der Waals surface area contributed by atoms with Crippen molar-refractivity contribution < 1.29 is 19.4 Å². The predicted octanol–water partition coefficient (Wildman–Crippen LogP) is 3.58. The molecular weight excluding hydrogens is 334 g/mol. The van der Waals surface area contributed by atoms with Gasteiger partial charge in [0.15, 0.2) is 12.3 Å². The molecule has 0 aliphatic rings. The number of nitrogens with one attached hydrogen (secondary N) is 1. The van der Waals surface area contributed by atoms with Crippen LogP contribution in [-0.2, 0) is 4.79 Å². The maximum Gasteiger partial charge on any atom is 0.341 e. The van der Waals surface area contributed by atoms with Crippen molar-refractivity contribution in [3.63, 3.8) is 0 Å². The molecule has 26 heavy (non-hydrogen) atoms. The topological polar surface area (TPSA) is 93.5 Å². The van der Waals surface area contributed by atoms with Gasteiger partial charge in [-0.15, -0.1) is 0 Å². The minimum Gasteiger partial charge on any atom is -0.482 e. The van der Waals surface area contributed by atoms with E-state index in [4.69, 9.17) is 9.84 Å². The zero-order chi connectivity index (χ0) is 19.3. The zero-order valence-corrected chi connectivity index (χ0v) is 15.6. The molecular formula is C19H25N3O4. The van der Waals surface area contributed by atoms with Crippen molar-refractivity contribution >= 4 is 17.6 Å². The first-order valence-electron chi connectivity index (χ1n) is 8.68. The highest BCUT2D eigenvalue weighted by Gasteiger charge is 2.17. The van der Waals surface area contributed by atoms with Gasteiger partial charge in [0.05, 0.1) is 6.04 Å². The van der Waals surface area contributed by atoms with Crippen molar-refractivity contribution in [1.29, 1.82) is 0 Å². The predicted molar refractivity (Wildman–Crippen MR) is 98.8 cm³/mol. The molecule has 0 bridgehead atoms. The number of aliphatic carboxylic acids is 1. The van der Waals surface area contributed by atoms with Crippen LogP contribution in [0.1, 0.15) is 54.5 Å². The molecule has 1 heterocycles. The van der Waals surface area contributed by atoms with Crippen LogP contribution in [0.5, 0.6) is 5.75 Å². The summed E-state index contributed by atoms with van der Waals surface area (Å²) in [4.78, 5) is 23.1. The number of carbonyl (C=O) groups is 2. The number of carboxylic acid groups (broad SMARTS) is 1. The Bertz CT molecular complexity index is 794. The molecule has 2 N–H and O–H groups in total. The fourth-order valence-electron chi connectivity index (χ4n) is 2.80. The second-order valence-electron chi connectivity index (χ2n) is 6.20. The largest absolute Gasteiger partial charge is 0.482 e. The minimum atomic E-state index is -1.04. The van der Waals surface area contributed by atoms with Crippen LogP contribution in [0.25, 0.3) is 0 Å². The first-order valence-corrected chi connectivity index (χ1v) is 8.68. The number of nitrogens with zero attached hydrogens (tertiary/aromatic N) is 2. The molecule has 0 aliphatic heterocycles. The third-order valence-corrected chi connectivity index (χ3v) is 4.25. The van der Waals surface area contributed by atoms with Gasteiger partial charge < -0.3 is 15.2 Å². The lowest BCUT2D eigenvalue weighted by atomic mass is 10.2. The van der Waals surface area contributed by atoms with E-state index in [2.05, 4.69) is 24.3 Å². The molecule has 0 unspecified atom stereocenters. The average molecular weight is 359 g/mol. The highest BCUT2D eigenvalue weighted by atomic mass is 16.5. The highest BCUT2D eigenvalue weighted by molar-refractivity contribution is 6.03. The van der Waals surface area contributed by atoms with E-state index in [-0.39, 0.29) is 11.9 Å². The van der Waals surface area contributed by atoms with Crippen LogP contribution in [0.15, 0.2) is 24.3 Å². The summed E-state index contributed by atoms with van der Waals surface area (Å²) >= 11 is 0. The van der Waals surface area contributed by atoms with Gasteiger partial charge in [0.1, 0.15) is 5.75 Å². The van der Waals surface area contributed by atoms with E-state index in [0.29, 0.717) is 17.1 Å². The van der Waals surface area contributed by atoms with Crippen molar-refractivity contribution in [2.45, 2.75) is 46.6 Å². The van der Waals surface area contributed by atoms with Crippen molar-refractivity contribution in [3.8, 4) is 5.75 Å². The van der Waals surface area contributed by atoms with Gasteiger partial charge in [0.25, 0.3) is 5.91 Å². The van der Waals surface area contributed by atoms with E-state index in [9.17, 15) is 9.59 Å². The Morgan fingerprint density at radius 1 is 1.23 bits per heavy atom. The van der Waals surface area contributed by atoms with E-state index in [0.717, 1.165) is 24.1 Å². The van der Waals surface area contributed by atoms with Gasteiger partial charge in [-0.1, -0.05) is 13.8 Å². The van der Waals surface area contributed by atoms with Crippen LogP contribution in [0.3, 0.4) is 0 Å². The van der Waals surface area contributed by atoms with E-state index in [1.165, 1.54) is 0 Å². The lowest BCUT2D eigenvalue weighted by molar-refractivity contribution is -0.139. The summed E-state index contributed by atoms with van der Waals surface area (Å²) in [5, 5.41) is 16.0. The Labute approximate surface area is 153 Å². The Hall–Kier alpha value is -2.83. The molecule has 0 saturated heterocycles. The quantitative estimate of drug-likeness (QED) is 0.751. The maximum atomic E-state index is 12.5. The Morgan fingerprint density at radius 2 is 1.92 bits per heavy atom. The van der Waals surface area contributed by atoms with Gasteiger partial charge in [-0.05, 0) is 56.5 Å². The second kappa shape index (κ2) is 8.51. The number of amides is 1. The third-order valence-electron chi connectivity index (χ3n) is 4.25. The number of ether oxygens (including phenoxy) is 1. The molecule has 2 rings (SSSR count). The summed E-state index contributed by atoms with van der Waals surface area (Å²) in [6.07, 6.45) is 1.91. The molecule has 7 nitrogen and oxygen atoms in total. The monoisotopic (exact) mass is 359 g/mol. The number of benzene rings is 1. The van der Waals surface area contributed by atoms with Gasteiger partial charge in [0, 0.05) is 11.4 Å². The van der Waals surface area contributed by atoms with Gasteiger partial charge in [-0.2, -0.15) is 5.10 Å². The standard InChI is InChI=1S/C19H25N3O4/c1-5-14(6-2)22-13(4)10-17(21-22)19(25)20-16-8-7-15(9-12(16)3)26-11-18(23)24/h7-10,14H,5-6,11H2,1-4H3,(H,20,25)(H,23,24). The number of aromatic nitrogens is 2. The van der Waals surface area contributed by atoms with E-state index in [1.54, 1.807) is 24.3 Å². The molecule has 1 aromatic carbocycles. The number of carboxylic acids is 1. The first-order chi connectivity index (χ1) is 12.3. The number of hydrogen-bond donors (Lipinski definition) is 2. The SMILES string of the molecule is CCC(CC)n1nc(C(=O)Nc2ccc(OCC(=O)O)cc2C)cc1C.